The lowest BCUT2D eigenvalue weighted by Crippen LogP contribution is -2.49. The Morgan fingerprint density at radius 2 is 1.76 bits per heavy atom. The maximum Gasteiger partial charge on any atom is 0.401 e. The normalized spacial score (nSPS) is 20.9. The van der Waals surface area contributed by atoms with Crippen LogP contribution in [0.3, 0.4) is 0 Å². The van der Waals surface area contributed by atoms with Gasteiger partial charge in [-0.05, 0) is 18.8 Å². The lowest BCUT2D eigenvalue weighted by Gasteiger charge is -2.25. The van der Waals surface area contributed by atoms with Gasteiger partial charge in [0.25, 0.3) is 0 Å². The Kier molecular flexibility index (Phi) is 5.24. The predicted octanol–water partition coefficient (Wildman–Crippen LogP) is 1.96. The highest BCUT2D eigenvalue weighted by atomic mass is 19.4. The van der Waals surface area contributed by atoms with E-state index in [2.05, 4.69) is 5.32 Å². The molecule has 0 spiro atoms. The largest absolute Gasteiger partial charge is 0.401 e. The van der Waals surface area contributed by atoms with Crippen LogP contribution in [0.4, 0.5) is 13.2 Å². The molecule has 1 saturated carbocycles. The van der Waals surface area contributed by atoms with Crippen LogP contribution in [-0.4, -0.2) is 24.7 Å². The van der Waals surface area contributed by atoms with Crippen molar-refractivity contribution >= 4 is 5.91 Å². The van der Waals surface area contributed by atoms with Gasteiger partial charge in [0.1, 0.15) is 0 Å². The molecule has 0 saturated heterocycles. The van der Waals surface area contributed by atoms with Gasteiger partial charge in [0.2, 0.25) is 5.91 Å². The third kappa shape index (κ3) is 5.39. The molecule has 0 aromatic heterocycles. The summed E-state index contributed by atoms with van der Waals surface area (Å²) in [6, 6.07) is -0.852. The zero-order valence-electron chi connectivity index (χ0n) is 9.72. The van der Waals surface area contributed by atoms with Crippen molar-refractivity contribution in [3.8, 4) is 0 Å². The Morgan fingerprint density at radius 1 is 1.24 bits per heavy atom. The molecule has 1 aliphatic rings. The first kappa shape index (κ1) is 14.3. The van der Waals surface area contributed by atoms with E-state index in [0.717, 1.165) is 38.5 Å². The van der Waals surface area contributed by atoms with Crippen molar-refractivity contribution in [2.75, 3.05) is 6.54 Å². The second-order valence-electron chi connectivity index (χ2n) is 4.63. The number of alkyl halides is 3. The third-order valence-electron chi connectivity index (χ3n) is 3.20. The Hall–Kier alpha value is -0.780. The zero-order valence-corrected chi connectivity index (χ0v) is 9.72. The molecule has 17 heavy (non-hydrogen) atoms. The molecule has 1 atom stereocenters. The van der Waals surface area contributed by atoms with Crippen LogP contribution in [0.1, 0.15) is 38.5 Å². The van der Waals surface area contributed by atoms with Gasteiger partial charge in [-0.2, -0.15) is 13.2 Å². The van der Waals surface area contributed by atoms with Crippen molar-refractivity contribution in [1.29, 1.82) is 0 Å². The number of amides is 1. The quantitative estimate of drug-likeness (QED) is 0.751. The molecule has 6 heteroatoms. The van der Waals surface area contributed by atoms with Crippen LogP contribution in [0.15, 0.2) is 0 Å². The monoisotopic (exact) mass is 252 g/mol. The van der Waals surface area contributed by atoms with E-state index in [-0.39, 0.29) is 5.92 Å². The minimum atomic E-state index is -4.31. The van der Waals surface area contributed by atoms with E-state index < -0.39 is 24.7 Å². The number of halogens is 3. The first-order valence-corrected chi connectivity index (χ1v) is 5.99. The summed E-state index contributed by atoms with van der Waals surface area (Å²) in [5.74, 6) is -0.737. The molecule has 0 aromatic rings. The van der Waals surface area contributed by atoms with Crippen molar-refractivity contribution in [2.45, 2.75) is 50.7 Å². The Labute approximate surface area is 98.9 Å². The predicted molar refractivity (Wildman–Crippen MR) is 58.2 cm³/mol. The summed E-state index contributed by atoms with van der Waals surface area (Å²) < 4.78 is 36.3. The molecule has 0 aromatic carbocycles. The van der Waals surface area contributed by atoms with Crippen molar-refractivity contribution in [3.63, 3.8) is 0 Å². The third-order valence-corrected chi connectivity index (χ3v) is 3.20. The number of hydrogen-bond acceptors (Lipinski definition) is 2. The van der Waals surface area contributed by atoms with Crippen molar-refractivity contribution in [1.82, 2.24) is 5.32 Å². The second-order valence-corrected chi connectivity index (χ2v) is 4.63. The molecule has 1 aliphatic carbocycles. The highest BCUT2D eigenvalue weighted by Crippen LogP contribution is 2.26. The number of nitrogens with two attached hydrogens (primary N) is 1. The maximum absolute atomic E-state index is 12.1. The molecule has 0 heterocycles. The topological polar surface area (TPSA) is 55.1 Å². The number of hydrogen-bond donors (Lipinski definition) is 2. The molecule has 1 unspecified atom stereocenters. The number of rotatable bonds is 4. The average molecular weight is 252 g/mol. The van der Waals surface area contributed by atoms with Gasteiger partial charge < -0.3 is 5.73 Å². The highest BCUT2D eigenvalue weighted by molar-refractivity contribution is 5.80. The molecular weight excluding hydrogens is 233 g/mol. The van der Waals surface area contributed by atoms with Gasteiger partial charge in [-0.1, -0.05) is 25.7 Å². The smallest absolute Gasteiger partial charge is 0.368 e. The van der Waals surface area contributed by atoms with E-state index >= 15 is 0 Å². The van der Waals surface area contributed by atoms with E-state index in [1.54, 1.807) is 0 Å². The van der Waals surface area contributed by atoms with E-state index in [0.29, 0.717) is 0 Å². The fourth-order valence-corrected chi connectivity index (χ4v) is 2.37. The first-order valence-electron chi connectivity index (χ1n) is 5.99. The molecule has 1 amide bonds. The summed E-state index contributed by atoms with van der Waals surface area (Å²) in [7, 11) is 0. The molecule has 1 rings (SSSR count). The van der Waals surface area contributed by atoms with Crippen molar-refractivity contribution in [3.05, 3.63) is 0 Å². The molecule has 1 fully saturated rings. The molecule has 0 aliphatic heterocycles. The van der Waals surface area contributed by atoms with E-state index in [9.17, 15) is 18.0 Å². The fourth-order valence-electron chi connectivity index (χ4n) is 2.37. The van der Waals surface area contributed by atoms with Crippen molar-refractivity contribution < 1.29 is 18.0 Å². The molecule has 0 bridgehead atoms. The van der Waals surface area contributed by atoms with Crippen LogP contribution in [0.25, 0.3) is 0 Å². The van der Waals surface area contributed by atoms with Crippen LogP contribution in [0.5, 0.6) is 0 Å². The minimum Gasteiger partial charge on any atom is -0.368 e. The van der Waals surface area contributed by atoms with E-state index in [4.69, 9.17) is 5.73 Å². The van der Waals surface area contributed by atoms with E-state index in [1.807, 2.05) is 0 Å². The molecule has 0 radical (unpaired) electrons. The van der Waals surface area contributed by atoms with Crippen LogP contribution in [-0.2, 0) is 4.79 Å². The summed E-state index contributed by atoms with van der Waals surface area (Å²) in [6.07, 6.45) is 1.34. The number of nitrogens with one attached hydrogen (secondary N) is 1. The van der Waals surface area contributed by atoms with E-state index in [1.165, 1.54) is 0 Å². The zero-order chi connectivity index (χ0) is 12.9. The van der Waals surface area contributed by atoms with Gasteiger partial charge in [0.05, 0.1) is 12.6 Å². The average Bonchev–Trinajstić information content (AvgIpc) is 2.44. The standard InChI is InChI=1S/C11H19F3N2O/c12-11(13,14)7-16-9(10(15)17)8-5-3-1-2-4-6-8/h8-9,16H,1-7H2,(H2,15,17). The number of primary amides is 1. The maximum atomic E-state index is 12.1. The van der Waals surface area contributed by atoms with Gasteiger partial charge in [0.15, 0.2) is 0 Å². The SMILES string of the molecule is NC(=O)C(NCC(F)(F)F)C1CCCCCC1. The summed E-state index contributed by atoms with van der Waals surface area (Å²) in [5.41, 5.74) is 5.18. The summed E-state index contributed by atoms with van der Waals surface area (Å²) in [5, 5.41) is 2.26. The second kappa shape index (κ2) is 6.23. The Balaban J connectivity index is 2.54. The molecule has 3 nitrogen and oxygen atoms in total. The Morgan fingerprint density at radius 3 is 2.18 bits per heavy atom. The van der Waals surface area contributed by atoms with Crippen molar-refractivity contribution in [2.24, 2.45) is 11.7 Å². The Bertz CT molecular complexity index is 248. The summed E-state index contributed by atoms with van der Waals surface area (Å²) in [6.45, 7) is -1.16. The number of carbonyl (C=O) groups excluding carboxylic acids is 1. The fraction of sp³-hybridized carbons (Fsp3) is 0.909. The molecule has 100 valence electrons. The van der Waals surface area contributed by atoms with Gasteiger partial charge in [-0.25, -0.2) is 0 Å². The van der Waals surface area contributed by atoms with Crippen LogP contribution >= 0.6 is 0 Å². The first-order chi connectivity index (χ1) is 7.90. The van der Waals surface area contributed by atoms with Gasteiger partial charge in [0, 0.05) is 0 Å². The van der Waals surface area contributed by atoms with Crippen LogP contribution in [0.2, 0.25) is 0 Å². The van der Waals surface area contributed by atoms with Gasteiger partial charge >= 0.3 is 6.18 Å². The number of carbonyl (C=O) groups is 1. The van der Waals surface area contributed by atoms with Crippen LogP contribution in [0, 0.1) is 5.92 Å². The lowest BCUT2D eigenvalue weighted by molar-refractivity contribution is -0.132. The summed E-state index contributed by atoms with van der Waals surface area (Å²) in [4.78, 5) is 11.2. The summed E-state index contributed by atoms with van der Waals surface area (Å²) >= 11 is 0. The molecule has 3 N–H and O–H groups in total. The minimum absolute atomic E-state index is 0.0580. The molecular formula is C11H19F3N2O. The van der Waals surface area contributed by atoms with Gasteiger partial charge in [-0.15, -0.1) is 0 Å². The lowest BCUT2D eigenvalue weighted by atomic mass is 9.91. The highest BCUT2D eigenvalue weighted by Gasteiger charge is 2.33. The van der Waals surface area contributed by atoms with Gasteiger partial charge in [-0.3, -0.25) is 10.1 Å². The van der Waals surface area contributed by atoms with Crippen LogP contribution < -0.4 is 11.1 Å².